The number of hydrogen-bond acceptors (Lipinski definition) is 8. The molecule has 0 saturated carbocycles. The summed E-state index contributed by atoms with van der Waals surface area (Å²) in [5.74, 6) is -1.43. The van der Waals surface area contributed by atoms with Gasteiger partial charge in [0.2, 0.25) is 23.6 Å². The van der Waals surface area contributed by atoms with E-state index in [2.05, 4.69) is 20.8 Å². The van der Waals surface area contributed by atoms with Crippen molar-refractivity contribution in [1.29, 1.82) is 0 Å². The Morgan fingerprint density at radius 1 is 0.811 bits per heavy atom. The zero-order chi connectivity index (χ0) is 26.3. The molecule has 0 bridgehead atoms. The summed E-state index contributed by atoms with van der Waals surface area (Å²) < 4.78 is 15.5. The van der Waals surface area contributed by atoms with Crippen LogP contribution in [0, 0.1) is 0 Å². The molecule has 2 aromatic heterocycles. The molecule has 4 aromatic rings. The van der Waals surface area contributed by atoms with Gasteiger partial charge in [-0.1, -0.05) is 36.4 Å². The van der Waals surface area contributed by atoms with Gasteiger partial charge in [0.25, 0.3) is 0 Å². The van der Waals surface area contributed by atoms with Crippen molar-refractivity contribution < 1.29 is 23.4 Å². The smallest absolute Gasteiger partial charge is 0.248 e. The Kier molecular flexibility index (Phi) is 6.65. The Morgan fingerprint density at radius 3 is 1.95 bits per heavy atom. The summed E-state index contributed by atoms with van der Waals surface area (Å²) in [6.45, 7) is 0. The number of amides is 4. The Hall–Kier alpha value is -3.84. The first-order valence-electron chi connectivity index (χ1n) is 11.2. The summed E-state index contributed by atoms with van der Waals surface area (Å²) in [7, 11) is 2.04. The van der Waals surface area contributed by atoms with Crippen LogP contribution in [0.4, 0.5) is 0 Å². The number of benzene rings is 2. The molecule has 4 amide bonds. The van der Waals surface area contributed by atoms with E-state index in [1.54, 1.807) is 16.4 Å². The lowest BCUT2D eigenvalue weighted by Crippen LogP contribution is -2.45. The minimum absolute atomic E-state index is 0.165. The van der Waals surface area contributed by atoms with E-state index < -0.39 is 33.1 Å². The molecule has 2 aliphatic rings. The van der Waals surface area contributed by atoms with Gasteiger partial charge < -0.3 is 0 Å². The quantitative estimate of drug-likeness (QED) is 0.360. The van der Waals surface area contributed by atoms with Crippen molar-refractivity contribution in [3.63, 3.8) is 0 Å². The highest BCUT2D eigenvalue weighted by molar-refractivity contribution is 8.01. The molecule has 2 N–H and O–H groups in total. The van der Waals surface area contributed by atoms with E-state index in [-0.39, 0.29) is 17.6 Å². The van der Waals surface area contributed by atoms with Crippen LogP contribution < -0.4 is 10.6 Å². The fraction of sp³-hybridized carbons (Fsp3) is 0.250. The van der Waals surface area contributed by atoms with Crippen molar-refractivity contribution in [2.75, 3.05) is 11.5 Å². The molecule has 0 spiro atoms. The lowest BCUT2D eigenvalue weighted by atomic mass is 10.1. The number of aromatic nitrogens is 4. The number of para-hydroxylation sites is 2. The maximum absolute atomic E-state index is 12.0. The van der Waals surface area contributed by atoms with E-state index in [0.29, 0.717) is 11.4 Å². The van der Waals surface area contributed by atoms with Crippen LogP contribution in [0.25, 0.3) is 21.8 Å². The van der Waals surface area contributed by atoms with E-state index in [0.717, 1.165) is 27.5 Å². The lowest BCUT2D eigenvalue weighted by Gasteiger charge is -2.18. The van der Waals surface area contributed by atoms with Crippen molar-refractivity contribution in [1.82, 2.24) is 30.2 Å². The molecule has 4 heterocycles. The Labute approximate surface area is 217 Å². The molecule has 0 aliphatic carbocycles. The molecule has 13 heteroatoms. The monoisotopic (exact) mass is 538 g/mol. The molecule has 3 unspecified atom stereocenters. The Morgan fingerprint density at radius 2 is 1.35 bits per heavy atom. The van der Waals surface area contributed by atoms with Crippen LogP contribution in [0.15, 0.2) is 48.5 Å². The van der Waals surface area contributed by atoms with E-state index in [1.165, 1.54) is 11.8 Å². The molecule has 0 radical (unpaired) electrons. The first kappa shape index (κ1) is 24.8. The van der Waals surface area contributed by atoms with Crippen molar-refractivity contribution in [2.45, 2.75) is 10.5 Å². The van der Waals surface area contributed by atoms with Gasteiger partial charge in [-0.2, -0.15) is 10.2 Å². The Bertz CT molecular complexity index is 1590. The molecular formula is C24H22N6O5S2. The van der Waals surface area contributed by atoms with Crippen LogP contribution in [0.1, 0.15) is 21.9 Å². The van der Waals surface area contributed by atoms with Crippen molar-refractivity contribution in [3.8, 4) is 0 Å². The van der Waals surface area contributed by atoms with Crippen LogP contribution in [0.3, 0.4) is 0 Å². The van der Waals surface area contributed by atoms with E-state index >= 15 is 0 Å². The SMILES string of the molecule is Cn1nc(C2C(=O)NC(=O)CS2=O)c2ccccc21.Cn1nc(C2SCC(=O)NC2=O)c2ccccc21. The first-order valence-corrected chi connectivity index (χ1v) is 13.7. The molecule has 2 aliphatic heterocycles. The van der Waals surface area contributed by atoms with Gasteiger partial charge in [0.1, 0.15) is 11.0 Å². The number of nitrogens with one attached hydrogen (secondary N) is 2. The van der Waals surface area contributed by atoms with Crippen LogP contribution in [-0.2, 0) is 44.1 Å². The van der Waals surface area contributed by atoms with Crippen LogP contribution in [-0.4, -0.2) is 58.9 Å². The summed E-state index contributed by atoms with van der Waals surface area (Å²) in [6, 6.07) is 15.2. The average Bonchev–Trinajstić information content (AvgIpc) is 3.36. The molecule has 2 fully saturated rings. The number of aryl methyl sites for hydroxylation is 2. The van der Waals surface area contributed by atoms with E-state index in [1.807, 2.05) is 55.6 Å². The van der Waals surface area contributed by atoms with Gasteiger partial charge in [-0.25, -0.2) is 0 Å². The fourth-order valence-corrected chi connectivity index (χ4v) is 6.52. The standard InChI is InChI=1S/C12H11N3O3S.C12H11N3O2S/c1-15-8-5-3-2-4-7(8)10(14-15)11-12(17)13-9(16)6-19(11)18;1-15-8-5-3-2-4-7(8)10(14-15)11-12(17)13-9(16)6-18-11/h2-5,11H,6H2,1H3,(H,13,16,17);2-5,11H,6H2,1H3,(H,13,16,17). The molecule has 190 valence electrons. The van der Waals surface area contributed by atoms with Crippen molar-refractivity contribution in [3.05, 3.63) is 59.9 Å². The molecule has 37 heavy (non-hydrogen) atoms. The summed E-state index contributed by atoms with van der Waals surface area (Å²) in [5.41, 5.74) is 3.03. The van der Waals surface area contributed by atoms with Crippen LogP contribution in [0.5, 0.6) is 0 Å². The first-order chi connectivity index (χ1) is 17.7. The van der Waals surface area contributed by atoms with E-state index in [9.17, 15) is 23.4 Å². The highest BCUT2D eigenvalue weighted by Crippen LogP contribution is 2.35. The molecular weight excluding hydrogens is 516 g/mol. The number of thioether (sulfide) groups is 1. The van der Waals surface area contributed by atoms with Gasteiger partial charge in [0, 0.05) is 35.7 Å². The molecule has 2 saturated heterocycles. The van der Waals surface area contributed by atoms with Crippen molar-refractivity contribution in [2.24, 2.45) is 14.1 Å². The average molecular weight is 539 g/mol. The number of hydrogen-bond donors (Lipinski definition) is 2. The van der Waals surface area contributed by atoms with Gasteiger partial charge in [-0.3, -0.25) is 43.4 Å². The number of fused-ring (bicyclic) bond motifs is 2. The number of nitrogens with zero attached hydrogens (tertiary/aromatic N) is 4. The maximum atomic E-state index is 12.0. The zero-order valence-electron chi connectivity index (χ0n) is 19.8. The zero-order valence-corrected chi connectivity index (χ0v) is 21.5. The van der Waals surface area contributed by atoms with Crippen LogP contribution in [0.2, 0.25) is 0 Å². The van der Waals surface area contributed by atoms with Gasteiger partial charge in [0.05, 0.1) is 28.2 Å². The fourth-order valence-electron chi connectivity index (χ4n) is 4.37. The second kappa shape index (κ2) is 9.90. The molecule has 6 rings (SSSR count). The predicted molar refractivity (Wildman–Crippen MR) is 139 cm³/mol. The van der Waals surface area contributed by atoms with Gasteiger partial charge in [-0.05, 0) is 12.1 Å². The minimum Gasteiger partial charge on any atom is -0.294 e. The third-order valence-corrected chi connectivity index (χ3v) is 8.70. The minimum atomic E-state index is -1.57. The third kappa shape index (κ3) is 4.67. The normalized spacial score (nSPS) is 21.9. The molecule has 3 atom stereocenters. The van der Waals surface area contributed by atoms with Gasteiger partial charge in [-0.15, -0.1) is 11.8 Å². The number of rotatable bonds is 2. The third-order valence-electron chi connectivity index (χ3n) is 5.99. The van der Waals surface area contributed by atoms with Crippen molar-refractivity contribution >= 4 is 68.0 Å². The highest BCUT2D eigenvalue weighted by atomic mass is 32.2. The van der Waals surface area contributed by atoms with Crippen LogP contribution >= 0.6 is 11.8 Å². The topological polar surface area (TPSA) is 145 Å². The predicted octanol–water partition coefficient (Wildman–Crippen LogP) is 1.02. The maximum Gasteiger partial charge on any atom is 0.248 e. The molecule has 11 nitrogen and oxygen atoms in total. The van der Waals surface area contributed by atoms with Gasteiger partial charge in [0.15, 0.2) is 5.25 Å². The van der Waals surface area contributed by atoms with E-state index in [4.69, 9.17) is 0 Å². The number of carbonyl (C=O) groups excluding carboxylic acids is 4. The van der Waals surface area contributed by atoms with Gasteiger partial charge >= 0.3 is 0 Å². The summed E-state index contributed by atoms with van der Waals surface area (Å²) in [6.07, 6.45) is 0. The second-order valence-electron chi connectivity index (χ2n) is 8.47. The number of carbonyl (C=O) groups is 4. The summed E-state index contributed by atoms with van der Waals surface area (Å²) in [5, 5.41) is 13.7. The number of imide groups is 2. The Balaban J connectivity index is 0.000000152. The molecule has 2 aromatic carbocycles. The largest absolute Gasteiger partial charge is 0.294 e. The highest BCUT2D eigenvalue weighted by Gasteiger charge is 2.37. The summed E-state index contributed by atoms with van der Waals surface area (Å²) >= 11 is 1.32. The second-order valence-corrected chi connectivity index (χ2v) is 11.1. The summed E-state index contributed by atoms with van der Waals surface area (Å²) in [4.78, 5) is 46.1. The lowest BCUT2D eigenvalue weighted by molar-refractivity contribution is -0.131.